The molecule has 4 fully saturated rings. The van der Waals surface area contributed by atoms with Gasteiger partial charge in [-0.25, -0.2) is 29.0 Å². The predicted molar refractivity (Wildman–Crippen MR) is 238 cm³/mol. The van der Waals surface area contributed by atoms with Crippen LogP contribution in [0.2, 0.25) is 0 Å². The van der Waals surface area contributed by atoms with Gasteiger partial charge in [0.1, 0.15) is 24.3 Å². The number of hydrogen-bond donors (Lipinski definition) is 4. The number of carbonyl (C=O) groups is 1. The van der Waals surface area contributed by atoms with E-state index in [2.05, 4.69) is 92.9 Å². The summed E-state index contributed by atoms with van der Waals surface area (Å²) in [6.45, 7) is 10.1. The molecule has 6 aromatic heterocycles. The van der Waals surface area contributed by atoms with Gasteiger partial charge in [-0.05, 0) is 104 Å². The maximum atomic E-state index is 11.7. The Morgan fingerprint density at radius 2 is 1.21 bits per heavy atom. The highest BCUT2D eigenvalue weighted by molar-refractivity contribution is 5.87. The van der Waals surface area contributed by atoms with E-state index in [4.69, 9.17) is 15.2 Å². The number of halogens is 1. The van der Waals surface area contributed by atoms with Gasteiger partial charge in [-0.15, -0.1) is 12.4 Å². The van der Waals surface area contributed by atoms with Gasteiger partial charge in [0.2, 0.25) is 5.91 Å². The van der Waals surface area contributed by atoms with Crippen molar-refractivity contribution in [2.45, 2.75) is 62.4 Å². The number of nitrogens with two attached hydrogens (primary N) is 1. The van der Waals surface area contributed by atoms with Gasteiger partial charge in [0, 0.05) is 50.7 Å². The van der Waals surface area contributed by atoms with Gasteiger partial charge in [-0.1, -0.05) is 6.58 Å². The largest absolute Gasteiger partial charge is 0.378 e. The zero-order valence-electron chi connectivity index (χ0n) is 34.1. The summed E-state index contributed by atoms with van der Waals surface area (Å²) in [5, 5.41) is 18.6. The van der Waals surface area contributed by atoms with Crippen molar-refractivity contribution in [1.29, 1.82) is 0 Å². The molecular formula is C43H53ClN14O3. The standard InChI is InChI=1S/C23H27N7O2.C20H25N7O.ClH/c1-2-22(31)27-18-4-3-16(11-18)17-12-20(23-25-15-26-30(23)14-17)28-21-6-5-19(13-24-21)29-7-9-32-10-8-29;21-16-2-1-14(9-16)15-10-18(20-23-13-24-27(20)12-15)25-19-4-3-17(11-22-19)26-5-7-28-8-6-26;/h2,5-6,12-16,18H,1,3-4,7-11H2,(H,24,28)(H,27,31);3-4,10-14,16H,1-2,5-9,21H2,(H,22,25);1H. The summed E-state index contributed by atoms with van der Waals surface area (Å²) in [5.74, 6) is 2.25. The van der Waals surface area contributed by atoms with Crippen molar-refractivity contribution in [3.05, 3.63) is 97.6 Å². The van der Waals surface area contributed by atoms with Crippen molar-refractivity contribution in [2.24, 2.45) is 5.73 Å². The molecule has 4 atom stereocenters. The van der Waals surface area contributed by atoms with Crippen LogP contribution in [-0.4, -0.2) is 110 Å². The first-order valence-corrected chi connectivity index (χ1v) is 20.9. The Hall–Kier alpha value is -5.88. The predicted octanol–water partition coefficient (Wildman–Crippen LogP) is 5.36. The molecule has 5 N–H and O–H groups in total. The van der Waals surface area contributed by atoms with Gasteiger partial charge in [-0.2, -0.15) is 10.2 Å². The molecule has 2 aliphatic carbocycles. The Bertz CT molecular complexity index is 2400. The number of morpholine rings is 2. The zero-order valence-corrected chi connectivity index (χ0v) is 34.9. The molecule has 0 bridgehead atoms. The highest BCUT2D eigenvalue weighted by Gasteiger charge is 2.28. The summed E-state index contributed by atoms with van der Waals surface area (Å²) in [6.07, 6.45) is 18.4. The third kappa shape index (κ3) is 9.86. The monoisotopic (exact) mass is 848 g/mol. The fourth-order valence-corrected chi connectivity index (χ4v) is 8.73. The molecule has 61 heavy (non-hydrogen) atoms. The Balaban J connectivity index is 0.000000167. The minimum absolute atomic E-state index is 0. The number of fused-ring (bicyclic) bond motifs is 2. The van der Waals surface area contributed by atoms with Crippen molar-refractivity contribution >= 4 is 64.0 Å². The second-order valence-electron chi connectivity index (χ2n) is 15.9. The first kappa shape index (κ1) is 41.8. The summed E-state index contributed by atoms with van der Waals surface area (Å²) in [6, 6.07) is 12.9. The number of carbonyl (C=O) groups excluding carboxylic acids is 1. The van der Waals surface area contributed by atoms with Crippen LogP contribution in [0.5, 0.6) is 0 Å². The number of anilines is 6. The second-order valence-corrected chi connectivity index (χ2v) is 15.9. The van der Waals surface area contributed by atoms with Crippen LogP contribution in [0, 0.1) is 0 Å². The van der Waals surface area contributed by atoms with E-state index in [-0.39, 0.29) is 24.4 Å². The Labute approximate surface area is 360 Å². The van der Waals surface area contributed by atoms with Crippen LogP contribution >= 0.6 is 12.4 Å². The van der Waals surface area contributed by atoms with Crippen LogP contribution in [0.3, 0.4) is 0 Å². The number of nitrogens with zero attached hydrogens (tertiary/aromatic N) is 10. The maximum absolute atomic E-state index is 11.7. The lowest BCUT2D eigenvalue weighted by atomic mass is 9.98. The van der Waals surface area contributed by atoms with Crippen LogP contribution < -0.4 is 31.5 Å². The Kier molecular flexibility index (Phi) is 13.2. The molecule has 2 saturated carbocycles. The molecule has 0 spiro atoms. The SMILES string of the molecule is C=CC(=O)NC1CCC(c2cc(Nc3ccc(N4CCOCC4)cn3)c3ncnn3c2)C1.Cl.NC1CCC(c2cc(Nc3ccc(N4CCOCC4)cn3)c3ncnn3c2)C1. The van der Waals surface area contributed by atoms with Crippen molar-refractivity contribution < 1.29 is 14.3 Å². The van der Waals surface area contributed by atoms with Crippen LogP contribution in [0.25, 0.3) is 11.3 Å². The smallest absolute Gasteiger partial charge is 0.243 e. The van der Waals surface area contributed by atoms with E-state index in [0.717, 1.165) is 137 Å². The summed E-state index contributed by atoms with van der Waals surface area (Å²) in [4.78, 5) is 34.3. The first-order valence-electron chi connectivity index (χ1n) is 20.9. The van der Waals surface area contributed by atoms with E-state index < -0.39 is 0 Å². The Morgan fingerprint density at radius 1 is 0.705 bits per heavy atom. The van der Waals surface area contributed by atoms with Gasteiger partial charge in [0.05, 0.1) is 61.6 Å². The van der Waals surface area contributed by atoms with E-state index in [1.165, 1.54) is 17.2 Å². The lowest BCUT2D eigenvalue weighted by molar-refractivity contribution is -0.117. The number of rotatable bonds is 10. The van der Waals surface area contributed by atoms with E-state index in [9.17, 15) is 4.79 Å². The van der Waals surface area contributed by atoms with Crippen LogP contribution in [0.1, 0.15) is 61.5 Å². The number of pyridine rings is 4. The molecule has 0 radical (unpaired) electrons. The maximum Gasteiger partial charge on any atom is 0.243 e. The van der Waals surface area contributed by atoms with Gasteiger partial charge < -0.3 is 41.0 Å². The Morgan fingerprint density at radius 3 is 1.67 bits per heavy atom. The number of nitrogens with one attached hydrogen (secondary N) is 3. The van der Waals surface area contributed by atoms with Gasteiger partial charge in [0.15, 0.2) is 11.3 Å². The molecule has 4 aliphatic rings. The third-order valence-corrected chi connectivity index (χ3v) is 11.9. The van der Waals surface area contributed by atoms with E-state index in [0.29, 0.717) is 17.9 Å². The minimum Gasteiger partial charge on any atom is -0.378 e. The molecule has 0 aromatic carbocycles. The summed E-state index contributed by atoms with van der Waals surface area (Å²) >= 11 is 0. The normalized spacial score (nSPS) is 21.4. The molecule has 320 valence electrons. The molecule has 1 amide bonds. The molecule has 17 nitrogen and oxygen atoms in total. The quantitative estimate of drug-likeness (QED) is 0.129. The summed E-state index contributed by atoms with van der Waals surface area (Å²) < 4.78 is 14.5. The molecule has 8 heterocycles. The molecular weight excluding hydrogens is 796 g/mol. The number of amides is 1. The average Bonchev–Trinajstić information content (AvgIpc) is 4.14. The summed E-state index contributed by atoms with van der Waals surface area (Å²) in [5.41, 5.74) is 14.1. The molecule has 18 heteroatoms. The van der Waals surface area contributed by atoms with Crippen molar-refractivity contribution in [3.8, 4) is 0 Å². The topological polar surface area (TPSA) is 190 Å². The number of ether oxygens (including phenoxy) is 2. The van der Waals surface area contributed by atoms with Gasteiger partial charge >= 0.3 is 0 Å². The minimum atomic E-state index is -0.115. The molecule has 6 aromatic rings. The lowest BCUT2D eigenvalue weighted by Crippen LogP contribution is -2.36. The van der Waals surface area contributed by atoms with E-state index >= 15 is 0 Å². The van der Waals surface area contributed by atoms with Crippen LogP contribution in [0.15, 0.2) is 86.5 Å². The summed E-state index contributed by atoms with van der Waals surface area (Å²) in [7, 11) is 0. The van der Waals surface area contributed by atoms with Crippen molar-refractivity contribution in [2.75, 3.05) is 73.0 Å². The number of aromatic nitrogens is 8. The van der Waals surface area contributed by atoms with Gasteiger partial charge in [0.25, 0.3) is 0 Å². The third-order valence-electron chi connectivity index (χ3n) is 11.9. The second kappa shape index (κ2) is 19.2. The lowest BCUT2D eigenvalue weighted by Gasteiger charge is -2.28. The first-order chi connectivity index (χ1) is 29.5. The van der Waals surface area contributed by atoms with Gasteiger partial charge in [-0.3, -0.25) is 4.79 Å². The van der Waals surface area contributed by atoms with Crippen molar-refractivity contribution in [1.82, 2.24) is 44.5 Å². The van der Waals surface area contributed by atoms with E-state index in [1.54, 1.807) is 17.2 Å². The fourth-order valence-electron chi connectivity index (χ4n) is 8.73. The number of hydrogen-bond acceptors (Lipinski definition) is 14. The fraction of sp³-hybridized carbons (Fsp3) is 0.419. The van der Waals surface area contributed by atoms with Crippen molar-refractivity contribution in [3.63, 3.8) is 0 Å². The molecule has 2 aliphatic heterocycles. The molecule has 4 unspecified atom stereocenters. The van der Waals surface area contributed by atoms with Crippen LogP contribution in [-0.2, 0) is 14.3 Å². The average molecular weight is 849 g/mol. The van der Waals surface area contributed by atoms with Crippen LogP contribution in [0.4, 0.5) is 34.4 Å². The highest BCUT2D eigenvalue weighted by atomic mass is 35.5. The zero-order chi connectivity index (χ0) is 40.8. The molecule has 2 saturated heterocycles. The highest BCUT2D eigenvalue weighted by Crippen LogP contribution is 2.37. The molecule has 10 rings (SSSR count). The van der Waals surface area contributed by atoms with E-state index in [1.807, 2.05) is 35.2 Å².